The largest absolute Gasteiger partial charge is 0.341 e. The van der Waals surface area contributed by atoms with E-state index in [1.54, 1.807) is 6.20 Å². The summed E-state index contributed by atoms with van der Waals surface area (Å²) in [7, 11) is 0. The first-order valence-corrected chi connectivity index (χ1v) is 9.54. The molecular weight excluding hydrogens is 334 g/mol. The number of carbonyl (C=O) groups excluding carboxylic acids is 1. The summed E-state index contributed by atoms with van der Waals surface area (Å²) in [5.41, 5.74) is 4.28. The van der Waals surface area contributed by atoms with Gasteiger partial charge in [0.15, 0.2) is 5.16 Å². The molecule has 25 heavy (non-hydrogen) atoms. The maximum atomic E-state index is 12.6. The molecular formula is C18H21N5OS. The van der Waals surface area contributed by atoms with E-state index in [1.165, 1.54) is 17.3 Å². The molecule has 4 rings (SSSR count). The Kier molecular flexibility index (Phi) is 4.48. The lowest BCUT2D eigenvalue weighted by Crippen LogP contribution is -2.40. The molecule has 1 aromatic carbocycles. The molecule has 0 bridgehead atoms. The van der Waals surface area contributed by atoms with Gasteiger partial charge in [-0.1, -0.05) is 17.8 Å². The molecule has 0 radical (unpaired) electrons. The SMILES string of the molecule is Cc1ccc2nc(SCC(=O)N3CCC[C@@H](c4ccn[nH]4)C3)[nH]c2c1. The van der Waals surface area contributed by atoms with E-state index in [0.29, 0.717) is 11.7 Å². The van der Waals surface area contributed by atoms with Crippen LogP contribution in [0.1, 0.15) is 30.0 Å². The Hall–Kier alpha value is -2.28. The molecule has 2 N–H and O–H groups in total. The van der Waals surface area contributed by atoms with Crippen LogP contribution < -0.4 is 0 Å². The Labute approximate surface area is 150 Å². The molecule has 0 spiro atoms. The number of thioether (sulfide) groups is 1. The number of H-pyrrole nitrogens is 2. The average Bonchev–Trinajstić information content (AvgIpc) is 3.29. The number of aromatic nitrogens is 4. The third-order valence-corrected chi connectivity index (χ3v) is 5.54. The van der Waals surface area contributed by atoms with Crippen molar-refractivity contribution in [1.29, 1.82) is 0 Å². The number of likely N-dealkylation sites (tertiary alicyclic amines) is 1. The second-order valence-corrected chi connectivity index (χ2v) is 7.51. The zero-order valence-electron chi connectivity index (χ0n) is 14.2. The zero-order valence-corrected chi connectivity index (χ0v) is 15.0. The van der Waals surface area contributed by atoms with Crippen LogP contribution >= 0.6 is 11.8 Å². The van der Waals surface area contributed by atoms with Crippen LogP contribution in [0.3, 0.4) is 0 Å². The fraction of sp³-hybridized carbons (Fsp3) is 0.389. The predicted molar refractivity (Wildman–Crippen MR) is 98.7 cm³/mol. The third kappa shape index (κ3) is 3.56. The van der Waals surface area contributed by atoms with Gasteiger partial charge in [0.05, 0.1) is 16.8 Å². The number of carbonyl (C=O) groups is 1. The molecule has 1 atom stereocenters. The molecule has 1 aliphatic heterocycles. The Morgan fingerprint density at radius 3 is 3.16 bits per heavy atom. The summed E-state index contributed by atoms with van der Waals surface area (Å²) in [4.78, 5) is 22.4. The summed E-state index contributed by atoms with van der Waals surface area (Å²) in [6.45, 7) is 3.66. The molecule has 2 aromatic heterocycles. The number of aryl methyl sites for hydroxylation is 1. The minimum Gasteiger partial charge on any atom is -0.341 e. The maximum absolute atomic E-state index is 12.6. The minimum absolute atomic E-state index is 0.172. The number of hydrogen-bond acceptors (Lipinski definition) is 4. The number of nitrogens with zero attached hydrogens (tertiary/aromatic N) is 3. The lowest BCUT2D eigenvalue weighted by molar-refractivity contribution is -0.129. The Morgan fingerprint density at radius 1 is 1.40 bits per heavy atom. The van der Waals surface area contributed by atoms with E-state index in [0.717, 1.165) is 47.8 Å². The summed E-state index contributed by atoms with van der Waals surface area (Å²) in [6.07, 6.45) is 3.90. The number of nitrogens with one attached hydrogen (secondary N) is 2. The molecule has 3 aromatic rings. The fourth-order valence-electron chi connectivity index (χ4n) is 3.34. The maximum Gasteiger partial charge on any atom is 0.233 e. The van der Waals surface area contributed by atoms with Crippen molar-refractivity contribution in [3.8, 4) is 0 Å². The van der Waals surface area contributed by atoms with E-state index in [-0.39, 0.29) is 5.91 Å². The van der Waals surface area contributed by atoms with Crippen molar-refractivity contribution in [2.24, 2.45) is 0 Å². The van der Waals surface area contributed by atoms with Crippen LogP contribution in [0.5, 0.6) is 0 Å². The van der Waals surface area contributed by atoms with Crippen LogP contribution in [0, 0.1) is 6.92 Å². The normalized spacial score (nSPS) is 18.0. The summed E-state index contributed by atoms with van der Waals surface area (Å²) >= 11 is 1.47. The summed E-state index contributed by atoms with van der Waals surface area (Å²) in [5, 5.41) is 7.86. The van der Waals surface area contributed by atoms with Crippen molar-refractivity contribution in [2.45, 2.75) is 30.8 Å². The number of hydrogen-bond donors (Lipinski definition) is 2. The molecule has 1 aliphatic rings. The second-order valence-electron chi connectivity index (χ2n) is 6.54. The molecule has 7 heteroatoms. The van der Waals surface area contributed by atoms with Gasteiger partial charge in [-0.3, -0.25) is 9.89 Å². The first-order chi connectivity index (χ1) is 12.2. The monoisotopic (exact) mass is 355 g/mol. The van der Waals surface area contributed by atoms with Crippen molar-refractivity contribution in [3.63, 3.8) is 0 Å². The van der Waals surface area contributed by atoms with E-state index < -0.39 is 0 Å². The first-order valence-electron chi connectivity index (χ1n) is 8.55. The highest BCUT2D eigenvalue weighted by Crippen LogP contribution is 2.26. The zero-order chi connectivity index (χ0) is 17.2. The molecule has 1 fully saturated rings. The Morgan fingerprint density at radius 2 is 2.32 bits per heavy atom. The molecule has 0 saturated carbocycles. The van der Waals surface area contributed by atoms with E-state index in [2.05, 4.69) is 33.2 Å². The number of rotatable bonds is 4. The van der Waals surface area contributed by atoms with Crippen molar-refractivity contribution >= 4 is 28.7 Å². The highest BCUT2D eigenvalue weighted by molar-refractivity contribution is 7.99. The van der Waals surface area contributed by atoms with Gasteiger partial charge in [-0.05, 0) is 43.5 Å². The van der Waals surface area contributed by atoms with Gasteiger partial charge >= 0.3 is 0 Å². The average molecular weight is 355 g/mol. The van der Waals surface area contributed by atoms with Crippen LogP contribution in [0.25, 0.3) is 11.0 Å². The van der Waals surface area contributed by atoms with Gasteiger partial charge in [0.1, 0.15) is 0 Å². The van der Waals surface area contributed by atoms with Gasteiger partial charge in [-0.25, -0.2) is 4.98 Å². The predicted octanol–water partition coefficient (Wildman–Crippen LogP) is 3.09. The Balaban J connectivity index is 1.37. The smallest absolute Gasteiger partial charge is 0.233 e. The lowest BCUT2D eigenvalue weighted by Gasteiger charge is -2.32. The van der Waals surface area contributed by atoms with Crippen molar-refractivity contribution in [1.82, 2.24) is 25.1 Å². The van der Waals surface area contributed by atoms with Gasteiger partial charge < -0.3 is 9.88 Å². The summed E-state index contributed by atoms with van der Waals surface area (Å²) in [5.74, 6) is 0.944. The lowest BCUT2D eigenvalue weighted by atomic mass is 9.95. The first kappa shape index (κ1) is 16.2. The highest BCUT2D eigenvalue weighted by atomic mass is 32.2. The van der Waals surface area contributed by atoms with Crippen molar-refractivity contribution in [2.75, 3.05) is 18.8 Å². The van der Waals surface area contributed by atoms with E-state index >= 15 is 0 Å². The van der Waals surface area contributed by atoms with E-state index in [9.17, 15) is 4.79 Å². The van der Waals surface area contributed by atoms with Crippen molar-refractivity contribution < 1.29 is 4.79 Å². The molecule has 130 valence electrons. The van der Waals surface area contributed by atoms with E-state index in [1.807, 2.05) is 23.1 Å². The topological polar surface area (TPSA) is 77.7 Å². The summed E-state index contributed by atoms with van der Waals surface area (Å²) in [6, 6.07) is 8.14. The molecule has 1 amide bonds. The van der Waals surface area contributed by atoms with Crippen LogP contribution in [-0.4, -0.2) is 49.8 Å². The number of fused-ring (bicyclic) bond motifs is 1. The fourth-order valence-corrected chi connectivity index (χ4v) is 4.13. The van der Waals surface area contributed by atoms with Gasteiger partial charge in [0.2, 0.25) is 5.91 Å². The number of aromatic amines is 2. The van der Waals surface area contributed by atoms with E-state index in [4.69, 9.17) is 0 Å². The van der Waals surface area contributed by atoms with Crippen LogP contribution in [-0.2, 0) is 4.79 Å². The van der Waals surface area contributed by atoms with Crippen LogP contribution in [0.4, 0.5) is 0 Å². The molecule has 0 aliphatic carbocycles. The Bertz CT molecular complexity index is 873. The van der Waals surface area contributed by atoms with Crippen LogP contribution in [0.15, 0.2) is 35.6 Å². The van der Waals surface area contributed by atoms with Crippen molar-refractivity contribution in [3.05, 3.63) is 41.7 Å². The quantitative estimate of drug-likeness (QED) is 0.705. The van der Waals surface area contributed by atoms with Gasteiger partial charge in [-0.15, -0.1) is 0 Å². The molecule has 1 saturated heterocycles. The van der Waals surface area contributed by atoms with Gasteiger partial charge in [0.25, 0.3) is 0 Å². The van der Waals surface area contributed by atoms with Crippen LogP contribution in [0.2, 0.25) is 0 Å². The molecule has 6 nitrogen and oxygen atoms in total. The third-order valence-electron chi connectivity index (χ3n) is 4.68. The number of imidazole rings is 1. The molecule has 0 unspecified atom stereocenters. The highest BCUT2D eigenvalue weighted by Gasteiger charge is 2.25. The second kappa shape index (κ2) is 6.92. The molecule has 3 heterocycles. The minimum atomic E-state index is 0.172. The summed E-state index contributed by atoms with van der Waals surface area (Å²) < 4.78 is 0. The van der Waals surface area contributed by atoms with Gasteiger partial charge in [0, 0.05) is 30.9 Å². The van der Waals surface area contributed by atoms with Gasteiger partial charge in [-0.2, -0.15) is 5.10 Å². The number of piperidine rings is 1. The number of amides is 1. The standard InChI is InChI=1S/C18H21N5OS/c1-12-4-5-15-16(9-12)21-18(20-15)25-11-17(24)23-8-2-3-13(10-23)14-6-7-19-22-14/h4-7,9,13H,2-3,8,10-11H2,1H3,(H,19,22)(H,20,21)/t13-/m1/s1. The number of benzene rings is 1.